The summed E-state index contributed by atoms with van der Waals surface area (Å²) in [7, 11) is 0. The number of fused-ring (bicyclic) bond motifs is 3. The number of amides is 1. The van der Waals surface area contributed by atoms with Gasteiger partial charge in [0.2, 0.25) is 5.65 Å². The molecule has 0 radical (unpaired) electrons. The number of hydrogen-bond donors (Lipinski definition) is 1. The van der Waals surface area contributed by atoms with Gasteiger partial charge in [-0.25, -0.2) is 4.98 Å². The molecule has 3 heterocycles. The summed E-state index contributed by atoms with van der Waals surface area (Å²) in [6.07, 6.45) is 0.734. The highest BCUT2D eigenvalue weighted by molar-refractivity contribution is 7.12. The Labute approximate surface area is 182 Å². The third-order valence-corrected chi connectivity index (χ3v) is 5.97. The Bertz CT molecular complexity index is 1420. The van der Waals surface area contributed by atoms with E-state index in [1.807, 2.05) is 72.2 Å². The van der Waals surface area contributed by atoms with Crippen LogP contribution in [0.5, 0.6) is 11.6 Å². The lowest BCUT2D eigenvalue weighted by Gasteiger charge is -2.11. The molecule has 0 spiro atoms. The zero-order chi connectivity index (χ0) is 21.4. The lowest BCUT2D eigenvalue weighted by atomic mass is 10.2. The van der Waals surface area contributed by atoms with Gasteiger partial charge in [-0.2, -0.15) is 0 Å². The molecule has 0 saturated carbocycles. The van der Waals surface area contributed by atoms with Crippen molar-refractivity contribution >= 4 is 39.6 Å². The number of nitrogens with zero attached hydrogens (tertiary/aromatic N) is 4. The molecule has 31 heavy (non-hydrogen) atoms. The Morgan fingerprint density at radius 2 is 2.00 bits per heavy atom. The van der Waals surface area contributed by atoms with Gasteiger partial charge in [-0.15, -0.1) is 21.5 Å². The zero-order valence-corrected chi connectivity index (χ0v) is 17.8. The zero-order valence-electron chi connectivity index (χ0n) is 17.0. The third-order valence-electron chi connectivity index (χ3n) is 4.96. The highest BCUT2D eigenvalue weighted by Gasteiger charge is 2.16. The molecule has 0 bridgehead atoms. The molecule has 2 aromatic carbocycles. The van der Waals surface area contributed by atoms with Crippen LogP contribution in [-0.2, 0) is 6.42 Å². The molecule has 1 N–H and O–H groups in total. The lowest BCUT2D eigenvalue weighted by molar-refractivity contribution is 0.103. The fourth-order valence-electron chi connectivity index (χ4n) is 3.45. The normalized spacial score (nSPS) is 11.2. The maximum absolute atomic E-state index is 12.5. The predicted molar refractivity (Wildman–Crippen MR) is 121 cm³/mol. The van der Waals surface area contributed by atoms with Crippen LogP contribution in [-0.4, -0.2) is 25.5 Å². The molecule has 1 amide bonds. The molecule has 0 fully saturated rings. The van der Waals surface area contributed by atoms with Crippen molar-refractivity contribution in [3.63, 3.8) is 0 Å². The van der Waals surface area contributed by atoms with E-state index in [2.05, 4.69) is 20.5 Å². The number of carbonyl (C=O) groups is 1. The Morgan fingerprint density at radius 3 is 2.81 bits per heavy atom. The Balaban J connectivity index is 1.50. The van der Waals surface area contributed by atoms with Gasteiger partial charge in [-0.05, 0) is 48.2 Å². The number of carbonyl (C=O) groups excluding carboxylic acids is 1. The van der Waals surface area contributed by atoms with E-state index < -0.39 is 0 Å². The van der Waals surface area contributed by atoms with Crippen molar-refractivity contribution < 1.29 is 9.53 Å². The quantitative estimate of drug-likeness (QED) is 0.412. The van der Waals surface area contributed by atoms with Crippen molar-refractivity contribution in [1.29, 1.82) is 0 Å². The molecule has 0 aliphatic heterocycles. The average Bonchev–Trinajstić information content (AvgIpc) is 3.40. The molecule has 5 aromatic rings. The number of para-hydroxylation sites is 2. The Hall–Kier alpha value is -3.78. The maximum Gasteiger partial charge on any atom is 0.266 e. The van der Waals surface area contributed by atoms with Crippen LogP contribution in [0.25, 0.3) is 16.7 Å². The second-order valence-corrected chi connectivity index (χ2v) is 7.97. The minimum atomic E-state index is -0.138. The van der Waals surface area contributed by atoms with Gasteiger partial charge in [0.25, 0.3) is 11.8 Å². The summed E-state index contributed by atoms with van der Waals surface area (Å²) in [4.78, 5) is 17.9. The first-order chi connectivity index (χ1) is 15.1. The summed E-state index contributed by atoms with van der Waals surface area (Å²) in [6.45, 7) is 3.96. The van der Waals surface area contributed by atoms with Gasteiger partial charge in [-0.1, -0.05) is 25.1 Å². The molecule has 0 unspecified atom stereocenters. The van der Waals surface area contributed by atoms with E-state index >= 15 is 0 Å². The molecule has 5 rings (SSSR count). The Morgan fingerprint density at radius 1 is 1.13 bits per heavy atom. The van der Waals surface area contributed by atoms with Crippen molar-refractivity contribution in [3.8, 4) is 11.6 Å². The van der Waals surface area contributed by atoms with Crippen LogP contribution >= 0.6 is 11.3 Å². The average molecular weight is 430 g/mol. The molecular weight excluding hydrogens is 410 g/mol. The van der Waals surface area contributed by atoms with E-state index in [4.69, 9.17) is 4.74 Å². The van der Waals surface area contributed by atoms with Crippen LogP contribution < -0.4 is 10.1 Å². The van der Waals surface area contributed by atoms with E-state index in [9.17, 15) is 4.79 Å². The van der Waals surface area contributed by atoms with Gasteiger partial charge in [0.15, 0.2) is 0 Å². The summed E-state index contributed by atoms with van der Waals surface area (Å²) < 4.78 is 8.09. The number of hydrogen-bond acceptors (Lipinski definition) is 6. The SMILES string of the molecule is CCc1nnc2c(Oc3cccc(NC(=O)c4sccc4C)c3)nc3ccccc3n12. The number of aromatic nitrogens is 4. The van der Waals surface area contributed by atoms with Crippen molar-refractivity contribution in [2.24, 2.45) is 0 Å². The number of thiophene rings is 1. The highest BCUT2D eigenvalue weighted by atomic mass is 32.1. The molecular formula is C23H19N5O2S. The fourth-order valence-corrected chi connectivity index (χ4v) is 4.28. The van der Waals surface area contributed by atoms with Gasteiger partial charge in [0.05, 0.1) is 15.9 Å². The van der Waals surface area contributed by atoms with Crippen LogP contribution in [0, 0.1) is 6.92 Å². The van der Waals surface area contributed by atoms with Crippen molar-refractivity contribution in [3.05, 3.63) is 76.2 Å². The first-order valence-corrected chi connectivity index (χ1v) is 10.8. The van der Waals surface area contributed by atoms with Crippen molar-refractivity contribution in [1.82, 2.24) is 19.6 Å². The molecule has 3 aromatic heterocycles. The minimum Gasteiger partial charge on any atom is -0.436 e. The van der Waals surface area contributed by atoms with Gasteiger partial charge >= 0.3 is 0 Å². The first kappa shape index (κ1) is 19.2. The van der Waals surface area contributed by atoms with Crippen LogP contribution in [0.15, 0.2) is 60.0 Å². The first-order valence-electron chi connectivity index (χ1n) is 9.90. The number of rotatable bonds is 5. The van der Waals surface area contributed by atoms with E-state index in [-0.39, 0.29) is 5.91 Å². The second-order valence-electron chi connectivity index (χ2n) is 7.05. The molecule has 0 aliphatic carbocycles. The van der Waals surface area contributed by atoms with Gasteiger partial charge < -0.3 is 10.1 Å². The van der Waals surface area contributed by atoms with Gasteiger partial charge in [0, 0.05) is 18.2 Å². The van der Waals surface area contributed by atoms with Crippen molar-refractivity contribution in [2.75, 3.05) is 5.32 Å². The van der Waals surface area contributed by atoms with Gasteiger partial charge in [-0.3, -0.25) is 9.20 Å². The molecule has 0 saturated heterocycles. The molecule has 0 atom stereocenters. The van der Waals surface area contributed by atoms with E-state index in [0.717, 1.165) is 28.8 Å². The molecule has 154 valence electrons. The predicted octanol–water partition coefficient (Wildman–Crippen LogP) is 5.25. The third kappa shape index (κ3) is 3.51. The minimum absolute atomic E-state index is 0.138. The van der Waals surface area contributed by atoms with E-state index in [1.54, 1.807) is 6.07 Å². The number of nitrogens with one attached hydrogen (secondary N) is 1. The summed E-state index contributed by atoms with van der Waals surface area (Å²) in [5.74, 6) is 1.61. The topological polar surface area (TPSA) is 81.4 Å². The number of benzene rings is 2. The van der Waals surface area contributed by atoms with Crippen LogP contribution in [0.1, 0.15) is 28.0 Å². The summed E-state index contributed by atoms with van der Waals surface area (Å²) in [5.41, 5.74) is 3.87. The van der Waals surface area contributed by atoms with Crippen LogP contribution in [0.2, 0.25) is 0 Å². The number of anilines is 1. The number of ether oxygens (including phenoxy) is 1. The van der Waals surface area contributed by atoms with Gasteiger partial charge in [0.1, 0.15) is 11.6 Å². The summed E-state index contributed by atoms with van der Waals surface area (Å²) in [6, 6.07) is 17.0. The van der Waals surface area contributed by atoms with E-state index in [0.29, 0.717) is 27.8 Å². The second kappa shape index (κ2) is 7.81. The molecule has 0 aliphatic rings. The smallest absolute Gasteiger partial charge is 0.266 e. The number of aryl methyl sites for hydroxylation is 2. The standard InChI is InChI=1S/C23H19N5O2S/c1-3-19-26-27-21-23(25-17-9-4-5-10-18(17)28(19)21)30-16-8-6-7-15(13-16)24-22(29)20-14(2)11-12-31-20/h4-13H,3H2,1-2H3,(H,24,29). The fraction of sp³-hybridized carbons (Fsp3) is 0.130. The lowest BCUT2D eigenvalue weighted by Crippen LogP contribution is -2.11. The maximum atomic E-state index is 12.5. The largest absolute Gasteiger partial charge is 0.436 e. The van der Waals surface area contributed by atoms with Crippen molar-refractivity contribution in [2.45, 2.75) is 20.3 Å². The Kier molecular flexibility index (Phi) is 4.83. The highest BCUT2D eigenvalue weighted by Crippen LogP contribution is 2.29. The molecule has 8 heteroatoms. The monoisotopic (exact) mass is 429 g/mol. The summed E-state index contributed by atoms with van der Waals surface area (Å²) >= 11 is 1.42. The van der Waals surface area contributed by atoms with Crippen LogP contribution in [0.3, 0.4) is 0 Å². The van der Waals surface area contributed by atoms with Crippen LogP contribution in [0.4, 0.5) is 5.69 Å². The summed E-state index contributed by atoms with van der Waals surface area (Å²) in [5, 5.41) is 13.4. The van der Waals surface area contributed by atoms with E-state index in [1.165, 1.54) is 11.3 Å². The molecule has 7 nitrogen and oxygen atoms in total.